The fourth-order valence-electron chi connectivity index (χ4n) is 3.45. The second-order valence-corrected chi connectivity index (χ2v) is 9.57. The number of methoxy groups -OCH3 is 2. The van der Waals surface area contributed by atoms with Crippen LogP contribution in [0.5, 0.6) is 11.5 Å². The normalized spacial score (nSPS) is 11.9. The van der Waals surface area contributed by atoms with Gasteiger partial charge in [-0.1, -0.05) is 43.0 Å². The fraction of sp³-hybridized carbons (Fsp3) is 0.240. The van der Waals surface area contributed by atoms with Gasteiger partial charge in [-0.25, -0.2) is 9.97 Å². The molecule has 1 amide bonds. The topological polar surface area (TPSA) is 73.3 Å². The lowest BCUT2D eigenvalue weighted by atomic mass is 10.0. The first-order chi connectivity index (χ1) is 16.0. The Morgan fingerprint density at radius 1 is 1.09 bits per heavy atom. The number of carbonyl (C=O) groups is 1. The van der Waals surface area contributed by atoms with Crippen molar-refractivity contribution in [3.63, 3.8) is 0 Å². The molecule has 2 aromatic heterocycles. The first-order valence-electron chi connectivity index (χ1n) is 10.5. The third-order valence-corrected chi connectivity index (χ3v) is 7.30. The molecular formula is C25H25N3O3S2. The van der Waals surface area contributed by atoms with Crippen molar-refractivity contribution in [1.29, 1.82) is 0 Å². The number of aryl methyl sites for hydroxylation is 1. The Labute approximate surface area is 201 Å². The van der Waals surface area contributed by atoms with E-state index in [-0.39, 0.29) is 11.2 Å². The average molecular weight is 480 g/mol. The number of nitrogens with zero attached hydrogens (tertiary/aromatic N) is 2. The molecule has 33 heavy (non-hydrogen) atoms. The van der Waals surface area contributed by atoms with Crippen LogP contribution in [0.4, 0.5) is 5.69 Å². The van der Waals surface area contributed by atoms with E-state index in [1.54, 1.807) is 50.1 Å². The molecule has 0 saturated carbocycles. The smallest absolute Gasteiger partial charge is 0.237 e. The molecule has 0 aliphatic carbocycles. The van der Waals surface area contributed by atoms with Crippen molar-refractivity contribution in [2.24, 2.45) is 0 Å². The molecule has 170 valence electrons. The predicted octanol–water partition coefficient (Wildman–Crippen LogP) is 6.06. The molecule has 2 aromatic carbocycles. The number of aromatic nitrogens is 2. The highest BCUT2D eigenvalue weighted by Gasteiger charge is 2.20. The summed E-state index contributed by atoms with van der Waals surface area (Å²) in [7, 11) is 3.14. The van der Waals surface area contributed by atoms with Gasteiger partial charge in [0.05, 0.1) is 24.9 Å². The third kappa shape index (κ3) is 4.96. The Hall–Kier alpha value is -3.10. The summed E-state index contributed by atoms with van der Waals surface area (Å²) in [5.41, 5.74) is 4.15. The number of ether oxygens (including phenoxy) is 2. The van der Waals surface area contributed by atoms with Crippen molar-refractivity contribution in [1.82, 2.24) is 9.97 Å². The summed E-state index contributed by atoms with van der Waals surface area (Å²) >= 11 is 3.01. The van der Waals surface area contributed by atoms with Gasteiger partial charge in [0.2, 0.25) is 5.91 Å². The monoisotopic (exact) mass is 479 g/mol. The second-order valence-electron chi connectivity index (χ2n) is 7.38. The van der Waals surface area contributed by atoms with Crippen LogP contribution in [0.25, 0.3) is 21.3 Å². The molecular weight excluding hydrogens is 454 g/mol. The largest absolute Gasteiger partial charge is 0.493 e. The van der Waals surface area contributed by atoms with Crippen molar-refractivity contribution in [3.8, 4) is 22.6 Å². The molecule has 0 aliphatic rings. The van der Waals surface area contributed by atoms with E-state index in [0.717, 1.165) is 32.8 Å². The van der Waals surface area contributed by atoms with Crippen LogP contribution in [-0.2, 0) is 11.2 Å². The van der Waals surface area contributed by atoms with Crippen molar-refractivity contribution in [3.05, 3.63) is 59.7 Å². The molecule has 0 aliphatic heterocycles. The maximum absolute atomic E-state index is 12.9. The zero-order valence-corrected chi connectivity index (χ0v) is 20.5. The maximum Gasteiger partial charge on any atom is 0.237 e. The SMILES string of the molecule is CCc1ccc(-c2csc3ncnc(SC(C)C(=O)Nc4ccc(OC)c(OC)c4)c23)cc1. The molecule has 1 atom stereocenters. The number of carbonyl (C=O) groups excluding carboxylic acids is 1. The summed E-state index contributed by atoms with van der Waals surface area (Å²) in [6.07, 6.45) is 2.56. The summed E-state index contributed by atoms with van der Waals surface area (Å²) in [5.74, 6) is 1.05. The summed E-state index contributed by atoms with van der Waals surface area (Å²) in [6, 6.07) is 13.9. The molecule has 1 unspecified atom stereocenters. The minimum Gasteiger partial charge on any atom is -0.493 e. The Kier molecular flexibility index (Phi) is 7.15. The van der Waals surface area contributed by atoms with E-state index < -0.39 is 0 Å². The summed E-state index contributed by atoms with van der Waals surface area (Å²) in [6.45, 7) is 4.02. The van der Waals surface area contributed by atoms with Crippen LogP contribution in [-0.4, -0.2) is 35.3 Å². The van der Waals surface area contributed by atoms with Crippen molar-refractivity contribution in [2.75, 3.05) is 19.5 Å². The fourth-order valence-corrected chi connectivity index (χ4v) is 5.36. The molecule has 6 nitrogen and oxygen atoms in total. The molecule has 4 rings (SSSR count). The average Bonchev–Trinajstić information content (AvgIpc) is 3.29. The van der Waals surface area contributed by atoms with E-state index in [1.165, 1.54) is 17.3 Å². The lowest BCUT2D eigenvalue weighted by Crippen LogP contribution is -2.22. The Morgan fingerprint density at radius 2 is 1.85 bits per heavy atom. The molecule has 0 spiro atoms. The quantitative estimate of drug-likeness (QED) is 0.245. The molecule has 0 saturated heterocycles. The van der Waals surface area contributed by atoms with Gasteiger partial charge in [0.25, 0.3) is 0 Å². The van der Waals surface area contributed by atoms with E-state index in [4.69, 9.17) is 9.47 Å². The highest BCUT2D eigenvalue weighted by Crippen LogP contribution is 2.39. The zero-order chi connectivity index (χ0) is 23.4. The van der Waals surface area contributed by atoms with Gasteiger partial charge in [-0.2, -0.15) is 0 Å². The zero-order valence-electron chi connectivity index (χ0n) is 18.9. The minimum atomic E-state index is -0.369. The second kappa shape index (κ2) is 10.2. The molecule has 4 aromatic rings. The number of rotatable bonds is 8. The van der Waals surface area contributed by atoms with E-state index in [9.17, 15) is 4.79 Å². The van der Waals surface area contributed by atoms with Crippen LogP contribution < -0.4 is 14.8 Å². The standard InChI is InChI=1S/C25H25N3O3S2/c1-5-16-6-8-17(9-7-16)19-13-32-24-22(19)25(27-14-26-24)33-15(2)23(29)28-18-10-11-20(30-3)21(12-18)31-4/h6-15H,5H2,1-4H3,(H,28,29). The van der Waals surface area contributed by atoms with Gasteiger partial charge in [-0.15, -0.1) is 11.3 Å². The number of thioether (sulfide) groups is 1. The number of fused-ring (bicyclic) bond motifs is 1. The molecule has 0 bridgehead atoms. The van der Waals surface area contributed by atoms with Crippen LogP contribution in [0, 0.1) is 0 Å². The van der Waals surface area contributed by atoms with Gasteiger partial charge in [-0.05, 0) is 36.6 Å². The molecule has 2 heterocycles. The van der Waals surface area contributed by atoms with Gasteiger partial charge in [0, 0.05) is 22.7 Å². The van der Waals surface area contributed by atoms with Crippen molar-refractivity contribution in [2.45, 2.75) is 30.5 Å². The summed E-state index contributed by atoms with van der Waals surface area (Å²) in [4.78, 5) is 22.8. The first-order valence-corrected chi connectivity index (χ1v) is 12.3. The van der Waals surface area contributed by atoms with Gasteiger partial charge < -0.3 is 14.8 Å². The number of anilines is 1. The van der Waals surface area contributed by atoms with Crippen LogP contribution in [0.3, 0.4) is 0 Å². The number of hydrogen-bond acceptors (Lipinski definition) is 7. The highest BCUT2D eigenvalue weighted by molar-refractivity contribution is 8.00. The van der Waals surface area contributed by atoms with E-state index in [1.807, 2.05) is 6.92 Å². The third-order valence-electron chi connectivity index (χ3n) is 5.32. The first kappa shape index (κ1) is 23.1. The van der Waals surface area contributed by atoms with Crippen LogP contribution in [0.2, 0.25) is 0 Å². The van der Waals surface area contributed by atoms with E-state index >= 15 is 0 Å². The summed E-state index contributed by atoms with van der Waals surface area (Å²) in [5, 5.41) is 6.48. The van der Waals surface area contributed by atoms with Gasteiger partial charge in [0.15, 0.2) is 11.5 Å². The Balaban J connectivity index is 1.57. The van der Waals surface area contributed by atoms with E-state index in [2.05, 4.69) is 51.9 Å². The van der Waals surface area contributed by atoms with Gasteiger partial charge in [-0.3, -0.25) is 4.79 Å². The highest BCUT2D eigenvalue weighted by atomic mass is 32.2. The van der Waals surface area contributed by atoms with Crippen molar-refractivity contribution >= 4 is 44.9 Å². The number of amides is 1. The van der Waals surface area contributed by atoms with Crippen LogP contribution >= 0.6 is 23.1 Å². The lowest BCUT2D eigenvalue weighted by molar-refractivity contribution is -0.115. The molecule has 8 heteroatoms. The predicted molar refractivity (Wildman–Crippen MR) is 136 cm³/mol. The van der Waals surface area contributed by atoms with Crippen LogP contribution in [0.1, 0.15) is 19.4 Å². The van der Waals surface area contributed by atoms with Crippen LogP contribution in [0.15, 0.2) is 59.2 Å². The molecule has 1 N–H and O–H groups in total. The minimum absolute atomic E-state index is 0.122. The van der Waals surface area contributed by atoms with Crippen molar-refractivity contribution < 1.29 is 14.3 Å². The Bertz CT molecular complexity index is 1270. The Morgan fingerprint density at radius 3 is 2.55 bits per heavy atom. The number of benzene rings is 2. The number of hydrogen-bond donors (Lipinski definition) is 1. The van der Waals surface area contributed by atoms with Gasteiger partial charge >= 0.3 is 0 Å². The number of nitrogens with one attached hydrogen (secondary N) is 1. The molecule has 0 fully saturated rings. The van der Waals surface area contributed by atoms with E-state index in [0.29, 0.717) is 17.2 Å². The lowest BCUT2D eigenvalue weighted by Gasteiger charge is -2.14. The molecule has 0 radical (unpaired) electrons. The summed E-state index contributed by atoms with van der Waals surface area (Å²) < 4.78 is 10.6. The maximum atomic E-state index is 12.9. The number of thiophene rings is 1. The van der Waals surface area contributed by atoms with Gasteiger partial charge in [0.1, 0.15) is 16.2 Å².